The number of benzene rings is 1. The number of halogens is 1. The van der Waals surface area contributed by atoms with E-state index in [-0.39, 0.29) is 11.7 Å². The number of carbonyl (C=O) groups is 1. The zero-order valence-electron chi connectivity index (χ0n) is 10.4. The summed E-state index contributed by atoms with van der Waals surface area (Å²) in [5, 5.41) is 3.00. The molecule has 0 saturated heterocycles. The Morgan fingerprint density at radius 2 is 1.72 bits per heavy atom. The molecule has 2 fully saturated rings. The first-order chi connectivity index (χ1) is 8.74. The van der Waals surface area contributed by atoms with Crippen LogP contribution in [0.4, 0.5) is 4.39 Å². The predicted octanol–water partition coefficient (Wildman–Crippen LogP) is 2.99. The van der Waals surface area contributed by atoms with Crippen LogP contribution in [0.15, 0.2) is 24.3 Å². The van der Waals surface area contributed by atoms with Gasteiger partial charge in [0.1, 0.15) is 5.82 Å². The Hall–Kier alpha value is -1.38. The van der Waals surface area contributed by atoms with Crippen LogP contribution in [0.2, 0.25) is 0 Å². The highest BCUT2D eigenvalue weighted by Gasteiger charge is 2.41. The Kier molecular flexibility index (Phi) is 3.06. The summed E-state index contributed by atoms with van der Waals surface area (Å²) in [6, 6.07) is 5.73. The molecule has 2 saturated carbocycles. The van der Waals surface area contributed by atoms with Crippen molar-refractivity contribution >= 4 is 5.91 Å². The van der Waals surface area contributed by atoms with Gasteiger partial charge in [-0.15, -0.1) is 0 Å². The maximum atomic E-state index is 12.8. The first-order valence-electron chi connectivity index (χ1n) is 6.78. The van der Waals surface area contributed by atoms with Gasteiger partial charge >= 0.3 is 0 Å². The molecule has 0 aliphatic heterocycles. The van der Waals surface area contributed by atoms with Crippen LogP contribution in [0, 0.1) is 23.6 Å². The molecule has 1 amide bonds. The van der Waals surface area contributed by atoms with Crippen LogP contribution < -0.4 is 5.32 Å². The Morgan fingerprint density at radius 1 is 1.17 bits per heavy atom. The van der Waals surface area contributed by atoms with E-state index in [1.807, 2.05) is 0 Å². The molecule has 1 aromatic carbocycles. The minimum Gasteiger partial charge on any atom is -0.352 e. The van der Waals surface area contributed by atoms with Crippen molar-refractivity contribution in [1.82, 2.24) is 5.32 Å². The summed E-state index contributed by atoms with van der Waals surface area (Å²) < 4.78 is 12.8. The van der Waals surface area contributed by atoms with E-state index in [4.69, 9.17) is 0 Å². The Bertz CT molecular complexity index is 422. The fourth-order valence-electron chi connectivity index (χ4n) is 2.68. The summed E-state index contributed by atoms with van der Waals surface area (Å²) in [5.74, 6) is 1.97. The largest absolute Gasteiger partial charge is 0.352 e. The maximum Gasteiger partial charge on any atom is 0.251 e. The number of nitrogens with one attached hydrogen (secondary N) is 1. The van der Waals surface area contributed by atoms with Crippen LogP contribution in [-0.2, 0) is 0 Å². The quantitative estimate of drug-likeness (QED) is 0.851. The van der Waals surface area contributed by atoms with E-state index < -0.39 is 0 Å². The van der Waals surface area contributed by atoms with E-state index in [0.717, 1.165) is 18.4 Å². The summed E-state index contributed by atoms with van der Waals surface area (Å²) >= 11 is 0. The summed E-state index contributed by atoms with van der Waals surface area (Å²) in [6.07, 6.45) is 5.31. The van der Waals surface area contributed by atoms with Crippen LogP contribution in [-0.4, -0.2) is 12.5 Å². The van der Waals surface area contributed by atoms with E-state index in [1.165, 1.54) is 49.9 Å². The third-order valence-electron chi connectivity index (χ3n) is 4.06. The fourth-order valence-corrected chi connectivity index (χ4v) is 2.68. The number of hydrogen-bond acceptors (Lipinski definition) is 1. The second-order valence-electron chi connectivity index (χ2n) is 5.56. The van der Waals surface area contributed by atoms with Crippen molar-refractivity contribution in [3.05, 3.63) is 35.6 Å². The lowest BCUT2D eigenvalue weighted by Crippen LogP contribution is -2.31. The van der Waals surface area contributed by atoms with E-state index in [1.54, 1.807) is 0 Å². The summed E-state index contributed by atoms with van der Waals surface area (Å²) in [4.78, 5) is 11.9. The van der Waals surface area contributed by atoms with Gasteiger partial charge in [0.15, 0.2) is 0 Å². The van der Waals surface area contributed by atoms with Crippen LogP contribution in [0.25, 0.3) is 0 Å². The highest BCUT2D eigenvalue weighted by atomic mass is 19.1. The summed E-state index contributed by atoms with van der Waals surface area (Å²) in [7, 11) is 0. The average Bonchev–Trinajstić information content (AvgIpc) is 3.24. The van der Waals surface area contributed by atoms with Gasteiger partial charge in [-0.2, -0.15) is 0 Å². The van der Waals surface area contributed by atoms with Crippen LogP contribution in [0.3, 0.4) is 0 Å². The van der Waals surface area contributed by atoms with Gasteiger partial charge < -0.3 is 5.32 Å². The minimum atomic E-state index is -0.305. The second kappa shape index (κ2) is 4.71. The predicted molar refractivity (Wildman–Crippen MR) is 67.7 cm³/mol. The monoisotopic (exact) mass is 247 g/mol. The molecule has 1 aromatic rings. The fraction of sp³-hybridized carbons (Fsp3) is 0.533. The molecule has 3 rings (SSSR count). The summed E-state index contributed by atoms with van der Waals surface area (Å²) in [5.41, 5.74) is 0.543. The van der Waals surface area contributed by atoms with Gasteiger partial charge in [-0.05, 0) is 67.7 Å². The SMILES string of the molecule is O=C(NCC(C1CC1)C1CC1)c1ccc(F)cc1. The topological polar surface area (TPSA) is 29.1 Å². The molecule has 0 aromatic heterocycles. The molecule has 3 heteroatoms. The molecule has 2 aliphatic rings. The lowest BCUT2D eigenvalue weighted by molar-refractivity contribution is 0.0943. The van der Waals surface area contributed by atoms with Crippen LogP contribution in [0.1, 0.15) is 36.0 Å². The smallest absolute Gasteiger partial charge is 0.251 e. The first-order valence-corrected chi connectivity index (χ1v) is 6.78. The molecule has 96 valence electrons. The molecule has 0 bridgehead atoms. The highest BCUT2D eigenvalue weighted by Crippen LogP contribution is 2.48. The van der Waals surface area contributed by atoms with Gasteiger partial charge in [-0.25, -0.2) is 4.39 Å². The average molecular weight is 247 g/mol. The Balaban J connectivity index is 1.55. The normalized spacial score (nSPS) is 19.0. The van der Waals surface area contributed by atoms with E-state index >= 15 is 0 Å². The number of amides is 1. The Morgan fingerprint density at radius 3 is 2.22 bits per heavy atom. The van der Waals surface area contributed by atoms with Crippen molar-refractivity contribution < 1.29 is 9.18 Å². The minimum absolute atomic E-state index is 0.0821. The molecule has 18 heavy (non-hydrogen) atoms. The maximum absolute atomic E-state index is 12.8. The molecule has 2 aliphatic carbocycles. The van der Waals surface area contributed by atoms with Crippen molar-refractivity contribution in [2.75, 3.05) is 6.54 Å². The molecule has 0 radical (unpaired) electrons. The van der Waals surface area contributed by atoms with Gasteiger partial charge in [-0.3, -0.25) is 4.79 Å². The van der Waals surface area contributed by atoms with Crippen LogP contribution >= 0.6 is 0 Å². The van der Waals surface area contributed by atoms with Gasteiger partial charge in [-0.1, -0.05) is 0 Å². The summed E-state index contributed by atoms with van der Waals surface area (Å²) in [6.45, 7) is 0.783. The van der Waals surface area contributed by atoms with E-state index in [0.29, 0.717) is 11.5 Å². The molecule has 0 heterocycles. The highest BCUT2D eigenvalue weighted by molar-refractivity contribution is 5.94. The number of carbonyl (C=O) groups excluding carboxylic acids is 1. The second-order valence-corrected chi connectivity index (χ2v) is 5.56. The number of rotatable bonds is 5. The number of hydrogen-bond donors (Lipinski definition) is 1. The van der Waals surface area contributed by atoms with Crippen LogP contribution in [0.5, 0.6) is 0 Å². The van der Waals surface area contributed by atoms with Gasteiger partial charge in [0.05, 0.1) is 0 Å². The van der Waals surface area contributed by atoms with Crippen molar-refractivity contribution in [3.8, 4) is 0 Å². The molecule has 1 N–H and O–H groups in total. The molecule has 0 atom stereocenters. The molecule has 2 nitrogen and oxygen atoms in total. The van der Waals surface area contributed by atoms with Crippen molar-refractivity contribution in [2.45, 2.75) is 25.7 Å². The third-order valence-corrected chi connectivity index (χ3v) is 4.06. The standard InChI is InChI=1S/C15H18FNO/c16-13-7-5-12(6-8-13)15(18)17-9-14(10-1-2-10)11-3-4-11/h5-8,10-11,14H,1-4,9H2,(H,17,18). The molecular weight excluding hydrogens is 229 g/mol. The Labute approximate surface area is 107 Å². The molecular formula is C15H18FNO. The lowest BCUT2D eigenvalue weighted by atomic mass is 9.98. The van der Waals surface area contributed by atoms with Gasteiger partial charge in [0.2, 0.25) is 0 Å². The zero-order valence-corrected chi connectivity index (χ0v) is 10.4. The first kappa shape index (κ1) is 11.7. The zero-order chi connectivity index (χ0) is 12.5. The third kappa shape index (κ3) is 2.71. The molecule has 0 unspecified atom stereocenters. The van der Waals surface area contributed by atoms with E-state index in [2.05, 4.69) is 5.32 Å². The molecule has 0 spiro atoms. The van der Waals surface area contributed by atoms with Gasteiger partial charge in [0, 0.05) is 12.1 Å². The van der Waals surface area contributed by atoms with E-state index in [9.17, 15) is 9.18 Å². The van der Waals surface area contributed by atoms with Gasteiger partial charge in [0.25, 0.3) is 5.91 Å². The lowest BCUT2D eigenvalue weighted by Gasteiger charge is -2.16. The van der Waals surface area contributed by atoms with Crippen molar-refractivity contribution in [2.24, 2.45) is 17.8 Å². The van der Waals surface area contributed by atoms with Crippen molar-refractivity contribution in [1.29, 1.82) is 0 Å². The van der Waals surface area contributed by atoms with Crippen molar-refractivity contribution in [3.63, 3.8) is 0 Å².